The zero-order valence-corrected chi connectivity index (χ0v) is 23.6. The number of carbonyl (C=O) groups is 3. The van der Waals surface area contributed by atoms with Crippen LogP contribution in [0.5, 0.6) is 0 Å². The van der Waals surface area contributed by atoms with E-state index in [0.29, 0.717) is 38.5 Å². The first-order chi connectivity index (χ1) is 16.8. The molecule has 0 aromatic heterocycles. The van der Waals surface area contributed by atoms with Crippen molar-refractivity contribution in [2.24, 2.45) is 50.7 Å². The molecule has 0 amide bonds. The van der Waals surface area contributed by atoms with E-state index in [9.17, 15) is 34.8 Å². The maximum Gasteiger partial charge on any atom is 0.310 e. The minimum atomic E-state index is -1.17. The predicted octanol–water partition coefficient (Wildman–Crippen LogP) is 5.61. The topological polar surface area (TPSA) is 132 Å². The summed E-state index contributed by atoms with van der Waals surface area (Å²) in [5, 5.41) is 42.5. The molecule has 208 valence electrons. The number of allylic oxidation sites excluding steroid dienone is 1. The summed E-state index contributed by atoms with van der Waals surface area (Å²) >= 11 is 0. The van der Waals surface area contributed by atoms with Crippen molar-refractivity contribution in [3.8, 4) is 0 Å². The second kappa shape index (κ2) is 8.30. The molecule has 0 aromatic rings. The lowest BCUT2D eigenvalue weighted by atomic mass is 9.34. The molecule has 0 spiro atoms. The zero-order valence-electron chi connectivity index (χ0n) is 23.6. The Morgan fingerprint density at radius 1 is 0.973 bits per heavy atom. The Morgan fingerprint density at radius 2 is 1.59 bits per heavy atom. The van der Waals surface area contributed by atoms with E-state index in [2.05, 4.69) is 19.9 Å². The number of aliphatic carboxylic acids is 3. The standard InChI is InChI=1S/C30H46O7/c1-17-10-13-30(24(35)36)15-14-27(5)18(22(30)29(17,7)37)8-9-20-26(4,16-21(31)32)19(11-12-28(20,27)6)25(2,3)23(33)34/h8,17,19-20,22,37H,9-16H2,1-7H3,(H,31,32)(H,33,34)(H,35,36)/t17-,19-,20+,22+,26+,27-,28-,29-,30+/m1/s1. The molecule has 0 aromatic carbocycles. The van der Waals surface area contributed by atoms with Crippen molar-refractivity contribution < 1.29 is 34.8 Å². The molecule has 4 aliphatic carbocycles. The quantitative estimate of drug-likeness (QED) is 0.348. The van der Waals surface area contributed by atoms with Gasteiger partial charge in [-0.3, -0.25) is 14.4 Å². The van der Waals surface area contributed by atoms with E-state index in [4.69, 9.17) is 0 Å². The van der Waals surface area contributed by atoms with Crippen LogP contribution in [-0.4, -0.2) is 43.9 Å². The number of rotatable bonds is 5. The molecule has 9 atom stereocenters. The fourth-order valence-electron chi connectivity index (χ4n) is 10.1. The molecule has 4 N–H and O–H groups in total. The van der Waals surface area contributed by atoms with Gasteiger partial charge >= 0.3 is 17.9 Å². The first kappa shape index (κ1) is 28.1. The number of fused-ring (bicyclic) bond motifs is 5. The van der Waals surface area contributed by atoms with Crippen LogP contribution < -0.4 is 0 Å². The number of carboxylic acid groups (broad SMARTS) is 3. The highest BCUT2D eigenvalue weighted by Crippen LogP contribution is 2.75. The lowest BCUT2D eigenvalue weighted by molar-refractivity contribution is -0.206. The van der Waals surface area contributed by atoms with Crippen molar-refractivity contribution >= 4 is 17.9 Å². The molecular weight excluding hydrogens is 472 g/mol. The fourth-order valence-corrected chi connectivity index (χ4v) is 10.1. The maximum atomic E-state index is 12.8. The first-order valence-electron chi connectivity index (χ1n) is 13.9. The van der Waals surface area contributed by atoms with E-state index in [0.717, 1.165) is 12.0 Å². The summed E-state index contributed by atoms with van der Waals surface area (Å²) in [6, 6.07) is 0. The van der Waals surface area contributed by atoms with Crippen molar-refractivity contribution in [1.82, 2.24) is 0 Å². The minimum absolute atomic E-state index is 0.0388. The van der Waals surface area contributed by atoms with Gasteiger partial charge < -0.3 is 20.4 Å². The van der Waals surface area contributed by atoms with Crippen LogP contribution in [0.2, 0.25) is 0 Å². The Balaban J connectivity index is 1.90. The number of hydrogen-bond acceptors (Lipinski definition) is 4. The van der Waals surface area contributed by atoms with Crippen molar-refractivity contribution in [2.75, 3.05) is 0 Å². The molecule has 3 saturated carbocycles. The van der Waals surface area contributed by atoms with Crippen molar-refractivity contribution in [1.29, 1.82) is 0 Å². The van der Waals surface area contributed by atoms with Crippen LogP contribution in [0.4, 0.5) is 0 Å². The molecule has 7 nitrogen and oxygen atoms in total. The van der Waals surface area contributed by atoms with Gasteiger partial charge in [0.2, 0.25) is 0 Å². The smallest absolute Gasteiger partial charge is 0.310 e. The van der Waals surface area contributed by atoms with E-state index < -0.39 is 51.1 Å². The summed E-state index contributed by atoms with van der Waals surface area (Å²) in [6.45, 7) is 13.7. The lowest BCUT2D eigenvalue weighted by Crippen LogP contribution is -2.67. The molecule has 0 radical (unpaired) electrons. The molecule has 7 heteroatoms. The van der Waals surface area contributed by atoms with Crippen molar-refractivity contribution in [2.45, 2.75) is 105 Å². The molecular formula is C30H46O7. The van der Waals surface area contributed by atoms with Gasteiger partial charge in [0, 0.05) is 5.92 Å². The van der Waals surface area contributed by atoms with Gasteiger partial charge in [0.15, 0.2) is 0 Å². The summed E-state index contributed by atoms with van der Waals surface area (Å²) in [5.41, 5.74) is -3.74. The number of carboxylic acids is 3. The molecule has 0 bridgehead atoms. The summed E-state index contributed by atoms with van der Waals surface area (Å²) < 4.78 is 0. The normalized spacial score (nSPS) is 47.6. The summed E-state index contributed by atoms with van der Waals surface area (Å²) in [7, 11) is 0. The Hall–Kier alpha value is -1.89. The van der Waals surface area contributed by atoms with E-state index in [1.54, 1.807) is 20.8 Å². The largest absolute Gasteiger partial charge is 0.481 e. The minimum Gasteiger partial charge on any atom is -0.481 e. The van der Waals surface area contributed by atoms with Gasteiger partial charge in [-0.05, 0) is 99.7 Å². The van der Waals surface area contributed by atoms with Gasteiger partial charge in [-0.25, -0.2) is 0 Å². The van der Waals surface area contributed by atoms with Gasteiger partial charge in [0.25, 0.3) is 0 Å². The van der Waals surface area contributed by atoms with Crippen LogP contribution in [0.3, 0.4) is 0 Å². The van der Waals surface area contributed by atoms with Gasteiger partial charge in [0.05, 0.1) is 22.9 Å². The van der Waals surface area contributed by atoms with E-state index in [1.165, 1.54) is 0 Å². The van der Waals surface area contributed by atoms with Crippen LogP contribution in [0.1, 0.15) is 99.8 Å². The fraction of sp³-hybridized carbons (Fsp3) is 0.833. The predicted molar refractivity (Wildman–Crippen MR) is 139 cm³/mol. The molecule has 0 unspecified atom stereocenters. The maximum absolute atomic E-state index is 12.8. The number of aliphatic hydroxyl groups is 1. The molecule has 0 heterocycles. The van der Waals surface area contributed by atoms with Crippen LogP contribution in [0.15, 0.2) is 11.6 Å². The molecule has 0 saturated heterocycles. The van der Waals surface area contributed by atoms with Gasteiger partial charge in [-0.1, -0.05) is 39.3 Å². The van der Waals surface area contributed by atoms with E-state index in [-0.39, 0.29) is 29.6 Å². The molecule has 4 rings (SSSR count). The van der Waals surface area contributed by atoms with E-state index in [1.807, 2.05) is 13.8 Å². The van der Waals surface area contributed by atoms with Crippen LogP contribution in [0.25, 0.3) is 0 Å². The Bertz CT molecular complexity index is 1040. The SMILES string of the molecule is C[C@@H]1CC[C@]2(C(=O)O)CC[C@]3(C)C(=CC[C@H]4[C@@](C)(CC(=O)O)[C@@H](C(C)(C)C(=O)O)CC[C@]43C)[C@H]2[C@]1(C)O. The summed E-state index contributed by atoms with van der Waals surface area (Å²) in [6.07, 6.45) is 6.29. The second-order valence-corrected chi connectivity index (χ2v) is 14.5. The van der Waals surface area contributed by atoms with Crippen molar-refractivity contribution in [3.05, 3.63) is 11.6 Å². The molecule has 37 heavy (non-hydrogen) atoms. The third-order valence-electron chi connectivity index (χ3n) is 12.7. The van der Waals surface area contributed by atoms with Crippen LogP contribution in [0, 0.1) is 50.7 Å². The second-order valence-electron chi connectivity index (χ2n) is 14.5. The van der Waals surface area contributed by atoms with Gasteiger partial charge in [-0.15, -0.1) is 0 Å². The third kappa shape index (κ3) is 3.51. The molecule has 4 aliphatic rings. The Labute approximate surface area is 220 Å². The van der Waals surface area contributed by atoms with Gasteiger partial charge in [0.1, 0.15) is 0 Å². The van der Waals surface area contributed by atoms with Crippen molar-refractivity contribution in [3.63, 3.8) is 0 Å². The van der Waals surface area contributed by atoms with E-state index >= 15 is 0 Å². The number of hydrogen-bond donors (Lipinski definition) is 4. The monoisotopic (exact) mass is 518 g/mol. The highest BCUT2D eigenvalue weighted by atomic mass is 16.4. The molecule has 0 aliphatic heterocycles. The highest BCUT2D eigenvalue weighted by molar-refractivity contribution is 5.77. The van der Waals surface area contributed by atoms with Crippen LogP contribution >= 0.6 is 0 Å². The highest BCUT2D eigenvalue weighted by Gasteiger charge is 2.71. The van der Waals surface area contributed by atoms with Crippen LogP contribution in [-0.2, 0) is 14.4 Å². The Kier molecular flexibility index (Phi) is 6.31. The average Bonchev–Trinajstić information content (AvgIpc) is 2.76. The summed E-state index contributed by atoms with van der Waals surface area (Å²) in [4.78, 5) is 37.4. The average molecular weight is 519 g/mol. The van der Waals surface area contributed by atoms with Gasteiger partial charge in [-0.2, -0.15) is 0 Å². The lowest BCUT2D eigenvalue weighted by Gasteiger charge is -2.70. The zero-order chi connectivity index (χ0) is 28.0. The third-order valence-corrected chi connectivity index (χ3v) is 12.7. The first-order valence-corrected chi connectivity index (χ1v) is 13.9. The Morgan fingerprint density at radius 3 is 2.14 bits per heavy atom. The summed E-state index contributed by atoms with van der Waals surface area (Å²) in [5.74, 6) is -3.60. The molecule has 3 fully saturated rings.